The lowest BCUT2D eigenvalue weighted by Gasteiger charge is -2.27. The third-order valence-corrected chi connectivity index (χ3v) is 3.65. The molecule has 1 fully saturated rings. The minimum atomic E-state index is -0.989. The lowest BCUT2D eigenvalue weighted by atomic mass is 9.92. The molecule has 2 unspecified atom stereocenters. The molecule has 19 heavy (non-hydrogen) atoms. The van der Waals surface area contributed by atoms with Crippen LogP contribution in [0, 0.1) is 5.92 Å². The molecule has 1 aliphatic heterocycles. The van der Waals surface area contributed by atoms with Gasteiger partial charge < -0.3 is 15.8 Å². The van der Waals surface area contributed by atoms with E-state index in [2.05, 4.69) is 5.32 Å². The summed E-state index contributed by atoms with van der Waals surface area (Å²) in [4.78, 5) is 12.2. The SMILES string of the molecule is CC(N)(C(=O)NCC1CCCOC1)c1ccccc1. The van der Waals surface area contributed by atoms with Crippen molar-refractivity contribution in [3.8, 4) is 0 Å². The second-order valence-corrected chi connectivity index (χ2v) is 5.36. The maximum absolute atomic E-state index is 12.2. The Morgan fingerprint density at radius 2 is 2.21 bits per heavy atom. The molecule has 0 radical (unpaired) electrons. The summed E-state index contributed by atoms with van der Waals surface area (Å²) < 4.78 is 5.40. The van der Waals surface area contributed by atoms with Crippen LogP contribution in [0.4, 0.5) is 0 Å². The highest BCUT2D eigenvalue weighted by molar-refractivity contribution is 5.86. The summed E-state index contributed by atoms with van der Waals surface area (Å²) >= 11 is 0. The van der Waals surface area contributed by atoms with Crippen molar-refractivity contribution in [3.63, 3.8) is 0 Å². The minimum Gasteiger partial charge on any atom is -0.381 e. The van der Waals surface area contributed by atoms with Gasteiger partial charge >= 0.3 is 0 Å². The predicted molar refractivity (Wildman–Crippen MR) is 74.5 cm³/mol. The molecule has 1 aliphatic rings. The van der Waals surface area contributed by atoms with Crippen molar-refractivity contribution in [2.75, 3.05) is 19.8 Å². The molecule has 2 atom stereocenters. The van der Waals surface area contributed by atoms with Crippen LogP contribution in [0.1, 0.15) is 25.3 Å². The van der Waals surface area contributed by atoms with Crippen LogP contribution in [0.25, 0.3) is 0 Å². The van der Waals surface area contributed by atoms with Gasteiger partial charge in [-0.1, -0.05) is 30.3 Å². The Bertz CT molecular complexity index is 411. The summed E-state index contributed by atoms with van der Waals surface area (Å²) in [6.07, 6.45) is 2.17. The number of hydrogen-bond donors (Lipinski definition) is 2. The second kappa shape index (κ2) is 6.17. The van der Waals surface area contributed by atoms with Crippen LogP contribution >= 0.6 is 0 Å². The Morgan fingerprint density at radius 3 is 2.84 bits per heavy atom. The fourth-order valence-electron chi connectivity index (χ4n) is 2.30. The largest absolute Gasteiger partial charge is 0.381 e. The van der Waals surface area contributed by atoms with Crippen molar-refractivity contribution in [1.29, 1.82) is 0 Å². The second-order valence-electron chi connectivity index (χ2n) is 5.36. The van der Waals surface area contributed by atoms with Gasteiger partial charge in [0, 0.05) is 13.2 Å². The number of amides is 1. The van der Waals surface area contributed by atoms with E-state index in [1.54, 1.807) is 6.92 Å². The molecule has 1 saturated heterocycles. The van der Waals surface area contributed by atoms with Gasteiger partial charge in [0.1, 0.15) is 5.54 Å². The van der Waals surface area contributed by atoms with Gasteiger partial charge in [0.15, 0.2) is 0 Å². The molecule has 0 aromatic heterocycles. The molecule has 2 rings (SSSR count). The van der Waals surface area contributed by atoms with E-state index in [1.807, 2.05) is 30.3 Å². The van der Waals surface area contributed by atoms with Gasteiger partial charge in [0.2, 0.25) is 5.91 Å². The maximum Gasteiger partial charge on any atom is 0.244 e. The number of ether oxygens (including phenoxy) is 1. The highest BCUT2D eigenvalue weighted by Crippen LogP contribution is 2.18. The number of nitrogens with one attached hydrogen (secondary N) is 1. The van der Waals surface area contributed by atoms with E-state index in [9.17, 15) is 4.79 Å². The molecule has 0 saturated carbocycles. The van der Waals surface area contributed by atoms with E-state index in [4.69, 9.17) is 10.5 Å². The quantitative estimate of drug-likeness (QED) is 0.862. The van der Waals surface area contributed by atoms with E-state index in [1.165, 1.54) is 0 Å². The van der Waals surface area contributed by atoms with Crippen molar-refractivity contribution >= 4 is 5.91 Å². The van der Waals surface area contributed by atoms with Crippen molar-refractivity contribution in [3.05, 3.63) is 35.9 Å². The van der Waals surface area contributed by atoms with E-state index in [0.717, 1.165) is 31.6 Å². The smallest absolute Gasteiger partial charge is 0.244 e. The number of carbonyl (C=O) groups is 1. The summed E-state index contributed by atoms with van der Waals surface area (Å²) in [5, 5.41) is 2.95. The Balaban J connectivity index is 1.91. The van der Waals surface area contributed by atoms with Crippen molar-refractivity contribution in [2.24, 2.45) is 11.7 Å². The molecule has 1 aromatic carbocycles. The van der Waals surface area contributed by atoms with Gasteiger partial charge in [0.25, 0.3) is 0 Å². The first-order valence-electron chi connectivity index (χ1n) is 6.81. The fourth-order valence-corrected chi connectivity index (χ4v) is 2.30. The van der Waals surface area contributed by atoms with E-state index >= 15 is 0 Å². The van der Waals surface area contributed by atoms with Gasteiger partial charge in [-0.2, -0.15) is 0 Å². The van der Waals surface area contributed by atoms with Crippen molar-refractivity contribution in [2.45, 2.75) is 25.3 Å². The molecule has 4 heteroatoms. The molecular weight excluding hydrogens is 240 g/mol. The van der Waals surface area contributed by atoms with Gasteiger partial charge in [-0.05, 0) is 31.2 Å². The third-order valence-electron chi connectivity index (χ3n) is 3.65. The van der Waals surface area contributed by atoms with E-state index in [-0.39, 0.29) is 5.91 Å². The highest BCUT2D eigenvalue weighted by Gasteiger charge is 2.30. The first-order valence-corrected chi connectivity index (χ1v) is 6.81. The first kappa shape index (κ1) is 14.0. The third kappa shape index (κ3) is 3.55. The van der Waals surface area contributed by atoms with Crippen LogP contribution in [0.3, 0.4) is 0 Å². The molecular formula is C15H22N2O2. The molecule has 1 amide bonds. The van der Waals surface area contributed by atoms with Crippen LogP contribution in [0.2, 0.25) is 0 Å². The number of rotatable bonds is 4. The topological polar surface area (TPSA) is 64.4 Å². The summed E-state index contributed by atoms with van der Waals surface area (Å²) in [7, 11) is 0. The Morgan fingerprint density at radius 1 is 1.47 bits per heavy atom. The Kier molecular flexibility index (Phi) is 4.56. The normalized spacial score (nSPS) is 22.5. The van der Waals surface area contributed by atoms with Gasteiger partial charge in [-0.3, -0.25) is 4.79 Å². The van der Waals surface area contributed by atoms with E-state index in [0.29, 0.717) is 12.5 Å². The number of benzene rings is 1. The number of hydrogen-bond acceptors (Lipinski definition) is 3. The molecule has 0 bridgehead atoms. The molecule has 0 aliphatic carbocycles. The van der Waals surface area contributed by atoms with E-state index < -0.39 is 5.54 Å². The standard InChI is InChI=1S/C15H22N2O2/c1-15(16,13-7-3-2-4-8-13)14(18)17-10-12-6-5-9-19-11-12/h2-4,7-8,12H,5-6,9-11,16H2,1H3,(H,17,18). The number of nitrogens with two attached hydrogens (primary N) is 1. The lowest BCUT2D eigenvalue weighted by Crippen LogP contribution is -2.50. The van der Waals surface area contributed by atoms with Gasteiger partial charge in [0.05, 0.1) is 6.61 Å². The highest BCUT2D eigenvalue weighted by atomic mass is 16.5. The zero-order valence-corrected chi connectivity index (χ0v) is 11.4. The lowest BCUT2D eigenvalue weighted by molar-refractivity contribution is -0.126. The monoisotopic (exact) mass is 262 g/mol. The number of carbonyl (C=O) groups excluding carboxylic acids is 1. The van der Waals surface area contributed by atoms with Crippen LogP contribution in [-0.2, 0) is 15.1 Å². The molecule has 1 heterocycles. The first-order chi connectivity index (χ1) is 9.10. The Labute approximate surface area is 114 Å². The minimum absolute atomic E-state index is 0.135. The van der Waals surface area contributed by atoms with Crippen molar-refractivity contribution in [1.82, 2.24) is 5.32 Å². The molecule has 1 aromatic rings. The molecule has 4 nitrogen and oxygen atoms in total. The summed E-state index contributed by atoms with van der Waals surface area (Å²) in [6.45, 7) is 3.95. The predicted octanol–water partition coefficient (Wildman–Crippen LogP) is 1.40. The molecule has 0 spiro atoms. The maximum atomic E-state index is 12.2. The summed E-state index contributed by atoms with van der Waals surface area (Å²) in [6, 6.07) is 9.45. The van der Waals surface area contributed by atoms with Crippen LogP contribution < -0.4 is 11.1 Å². The van der Waals surface area contributed by atoms with Gasteiger partial charge in [-0.25, -0.2) is 0 Å². The zero-order valence-electron chi connectivity index (χ0n) is 11.4. The average Bonchev–Trinajstić information content (AvgIpc) is 2.46. The zero-order chi connectivity index (χ0) is 13.7. The van der Waals surface area contributed by atoms with Crippen LogP contribution in [0.5, 0.6) is 0 Å². The molecule has 3 N–H and O–H groups in total. The fraction of sp³-hybridized carbons (Fsp3) is 0.533. The van der Waals surface area contributed by atoms with Gasteiger partial charge in [-0.15, -0.1) is 0 Å². The summed E-state index contributed by atoms with van der Waals surface area (Å²) in [5.74, 6) is 0.272. The summed E-state index contributed by atoms with van der Waals surface area (Å²) in [5.41, 5.74) is 5.99. The van der Waals surface area contributed by atoms with Crippen LogP contribution in [0.15, 0.2) is 30.3 Å². The molecule has 104 valence electrons. The average molecular weight is 262 g/mol. The Hall–Kier alpha value is -1.39. The van der Waals surface area contributed by atoms with Crippen molar-refractivity contribution < 1.29 is 9.53 Å². The van der Waals surface area contributed by atoms with Crippen LogP contribution in [-0.4, -0.2) is 25.7 Å².